The van der Waals surface area contributed by atoms with E-state index in [0.29, 0.717) is 24.9 Å². The topological polar surface area (TPSA) is 127 Å². The van der Waals surface area contributed by atoms with E-state index in [4.69, 9.17) is 21.7 Å². The Kier molecular flexibility index (Phi) is 14.2. The predicted molar refractivity (Wildman–Crippen MR) is 88.5 cm³/mol. The van der Waals surface area contributed by atoms with Crippen molar-refractivity contribution in [1.82, 2.24) is 0 Å². The maximum absolute atomic E-state index is 10.3. The van der Waals surface area contributed by atoms with Crippen LogP contribution in [-0.2, 0) is 9.59 Å². The molecular formula is C16H34N2O4. The molecule has 0 radical (unpaired) electrons. The van der Waals surface area contributed by atoms with Crippen LogP contribution in [0.25, 0.3) is 0 Å². The first-order valence-corrected chi connectivity index (χ1v) is 7.95. The standard InChI is InChI=1S/2C8H17NO2/c2*1-6(2)3-7(5-9)4-8(10)11/h2*6-7H,3-5,9H2,1-2H3,(H,10,11)/t7-;/m0./s1. The van der Waals surface area contributed by atoms with Crippen molar-refractivity contribution in [2.45, 2.75) is 53.4 Å². The summed E-state index contributed by atoms with van der Waals surface area (Å²) in [6.45, 7) is 9.25. The first kappa shape index (κ1) is 23.1. The molecule has 0 heterocycles. The molecule has 0 aromatic heterocycles. The predicted octanol–water partition coefficient (Wildman–Crippen LogP) is 2.16. The van der Waals surface area contributed by atoms with Gasteiger partial charge in [-0.05, 0) is 49.6 Å². The maximum atomic E-state index is 10.3. The van der Waals surface area contributed by atoms with Crippen LogP contribution in [0.2, 0.25) is 0 Å². The first-order valence-electron chi connectivity index (χ1n) is 7.95. The summed E-state index contributed by atoms with van der Waals surface area (Å²) in [5, 5.41) is 16.9. The number of carboxylic acids is 2. The largest absolute Gasteiger partial charge is 0.481 e. The molecule has 0 saturated carbocycles. The van der Waals surface area contributed by atoms with E-state index in [1.807, 2.05) is 0 Å². The normalized spacial score (nSPS) is 13.5. The van der Waals surface area contributed by atoms with Gasteiger partial charge in [0.1, 0.15) is 0 Å². The van der Waals surface area contributed by atoms with Gasteiger partial charge >= 0.3 is 11.9 Å². The number of carbonyl (C=O) groups is 2. The molecule has 0 aromatic rings. The number of hydrogen-bond donors (Lipinski definition) is 4. The van der Waals surface area contributed by atoms with Crippen LogP contribution < -0.4 is 11.5 Å². The first-order chi connectivity index (χ1) is 10.1. The fraction of sp³-hybridized carbons (Fsp3) is 0.875. The van der Waals surface area contributed by atoms with Crippen LogP contribution in [0.1, 0.15) is 53.4 Å². The van der Waals surface area contributed by atoms with Gasteiger partial charge in [0.2, 0.25) is 0 Å². The molecule has 0 aromatic carbocycles. The lowest BCUT2D eigenvalue weighted by Crippen LogP contribution is -2.19. The summed E-state index contributed by atoms with van der Waals surface area (Å²) in [4.78, 5) is 20.6. The third-order valence-electron chi connectivity index (χ3n) is 3.20. The molecule has 1 unspecified atom stereocenters. The van der Waals surface area contributed by atoms with Crippen molar-refractivity contribution in [2.24, 2.45) is 35.1 Å². The number of rotatable bonds is 10. The molecule has 0 fully saturated rings. The Labute approximate surface area is 134 Å². The Bertz CT molecular complexity index is 277. The smallest absolute Gasteiger partial charge is 0.303 e. The zero-order chi connectivity index (χ0) is 17.7. The van der Waals surface area contributed by atoms with E-state index >= 15 is 0 Å². The minimum atomic E-state index is -0.749. The second kappa shape index (κ2) is 13.5. The van der Waals surface area contributed by atoms with E-state index in [-0.39, 0.29) is 24.7 Å². The zero-order valence-electron chi connectivity index (χ0n) is 14.4. The van der Waals surface area contributed by atoms with Gasteiger partial charge in [0.05, 0.1) is 0 Å². The fourth-order valence-electron chi connectivity index (χ4n) is 2.35. The minimum absolute atomic E-state index is 0.146. The molecule has 0 aliphatic carbocycles. The van der Waals surface area contributed by atoms with Gasteiger partial charge in [-0.1, -0.05) is 27.7 Å². The van der Waals surface area contributed by atoms with E-state index < -0.39 is 11.9 Å². The number of aliphatic carboxylic acids is 2. The summed E-state index contributed by atoms with van der Waals surface area (Å²) >= 11 is 0. The molecule has 0 bridgehead atoms. The molecule has 2 atom stereocenters. The summed E-state index contributed by atoms with van der Waals surface area (Å²) in [6, 6.07) is 0. The molecule has 0 amide bonds. The molecule has 22 heavy (non-hydrogen) atoms. The third-order valence-corrected chi connectivity index (χ3v) is 3.20. The van der Waals surface area contributed by atoms with Crippen molar-refractivity contribution in [1.29, 1.82) is 0 Å². The molecule has 0 spiro atoms. The highest BCUT2D eigenvalue weighted by atomic mass is 16.4. The van der Waals surface area contributed by atoms with Gasteiger partial charge in [-0.2, -0.15) is 0 Å². The lowest BCUT2D eigenvalue weighted by molar-refractivity contribution is -0.139. The quantitative estimate of drug-likeness (QED) is 0.489. The number of carboxylic acid groups (broad SMARTS) is 2. The van der Waals surface area contributed by atoms with Crippen LogP contribution in [0.3, 0.4) is 0 Å². The molecular weight excluding hydrogens is 284 g/mol. The highest BCUT2D eigenvalue weighted by molar-refractivity contribution is 5.67. The summed E-state index contributed by atoms with van der Waals surface area (Å²) in [5.74, 6) is -0.145. The Morgan fingerprint density at radius 2 is 1.05 bits per heavy atom. The number of hydrogen-bond acceptors (Lipinski definition) is 4. The van der Waals surface area contributed by atoms with Crippen molar-refractivity contribution < 1.29 is 19.8 Å². The molecule has 132 valence electrons. The van der Waals surface area contributed by atoms with Crippen LogP contribution >= 0.6 is 0 Å². The van der Waals surface area contributed by atoms with Gasteiger partial charge in [-0.25, -0.2) is 0 Å². The van der Waals surface area contributed by atoms with Gasteiger partial charge in [-0.15, -0.1) is 0 Å². The third kappa shape index (κ3) is 16.9. The van der Waals surface area contributed by atoms with Crippen LogP contribution in [0.5, 0.6) is 0 Å². The molecule has 6 heteroatoms. The molecule has 0 aliphatic heterocycles. The molecule has 0 rings (SSSR count). The highest BCUT2D eigenvalue weighted by Crippen LogP contribution is 2.14. The minimum Gasteiger partial charge on any atom is -0.481 e. The average molecular weight is 318 g/mol. The molecule has 6 nitrogen and oxygen atoms in total. The van der Waals surface area contributed by atoms with Crippen molar-refractivity contribution in [2.75, 3.05) is 13.1 Å². The monoisotopic (exact) mass is 318 g/mol. The van der Waals surface area contributed by atoms with E-state index in [1.165, 1.54) is 0 Å². The molecule has 0 aliphatic rings. The van der Waals surface area contributed by atoms with Crippen LogP contribution in [0.15, 0.2) is 0 Å². The van der Waals surface area contributed by atoms with E-state index in [9.17, 15) is 9.59 Å². The zero-order valence-corrected chi connectivity index (χ0v) is 14.4. The van der Waals surface area contributed by atoms with Crippen LogP contribution in [-0.4, -0.2) is 35.2 Å². The van der Waals surface area contributed by atoms with Gasteiger partial charge in [0.25, 0.3) is 0 Å². The SMILES string of the molecule is CC(C)CC(CN)CC(=O)O.CC(C)C[C@H](CN)CC(=O)O. The van der Waals surface area contributed by atoms with E-state index in [1.54, 1.807) is 0 Å². The van der Waals surface area contributed by atoms with Crippen LogP contribution in [0, 0.1) is 23.7 Å². The van der Waals surface area contributed by atoms with Crippen LogP contribution in [0.4, 0.5) is 0 Å². The lowest BCUT2D eigenvalue weighted by atomic mass is 9.94. The Morgan fingerprint density at radius 3 is 1.18 bits per heavy atom. The molecule has 0 saturated heterocycles. The van der Waals surface area contributed by atoms with E-state index in [2.05, 4.69) is 27.7 Å². The average Bonchev–Trinajstić information content (AvgIpc) is 2.35. The van der Waals surface area contributed by atoms with Gasteiger partial charge in [-0.3, -0.25) is 9.59 Å². The van der Waals surface area contributed by atoms with Crippen molar-refractivity contribution in [3.63, 3.8) is 0 Å². The number of nitrogens with two attached hydrogens (primary N) is 2. The second-order valence-electron chi connectivity index (χ2n) is 6.66. The van der Waals surface area contributed by atoms with Crippen molar-refractivity contribution >= 4 is 11.9 Å². The maximum Gasteiger partial charge on any atom is 0.303 e. The van der Waals surface area contributed by atoms with Crippen molar-refractivity contribution in [3.05, 3.63) is 0 Å². The Morgan fingerprint density at radius 1 is 0.773 bits per heavy atom. The summed E-state index contributed by atoms with van der Waals surface area (Å²) < 4.78 is 0. The fourth-order valence-corrected chi connectivity index (χ4v) is 2.35. The summed E-state index contributed by atoms with van der Waals surface area (Å²) in [5.41, 5.74) is 10.8. The van der Waals surface area contributed by atoms with Crippen molar-refractivity contribution in [3.8, 4) is 0 Å². The van der Waals surface area contributed by atoms with Gasteiger partial charge < -0.3 is 21.7 Å². The summed E-state index contributed by atoms with van der Waals surface area (Å²) in [6.07, 6.45) is 2.22. The molecule has 6 N–H and O–H groups in total. The van der Waals surface area contributed by atoms with Gasteiger partial charge in [0, 0.05) is 12.8 Å². The highest BCUT2D eigenvalue weighted by Gasteiger charge is 2.13. The summed E-state index contributed by atoms with van der Waals surface area (Å²) in [7, 11) is 0. The Balaban J connectivity index is 0. The lowest BCUT2D eigenvalue weighted by Gasteiger charge is -2.13. The van der Waals surface area contributed by atoms with Gasteiger partial charge in [0.15, 0.2) is 0 Å². The second-order valence-corrected chi connectivity index (χ2v) is 6.66. The Hall–Kier alpha value is -1.14. The van der Waals surface area contributed by atoms with E-state index in [0.717, 1.165) is 12.8 Å².